The Morgan fingerprint density at radius 3 is 2.59 bits per heavy atom. The summed E-state index contributed by atoms with van der Waals surface area (Å²) >= 11 is 5.82. The third-order valence-corrected chi connectivity index (χ3v) is 7.60. The predicted molar refractivity (Wildman–Crippen MR) is 142 cm³/mol. The molecule has 4 aromatic rings. The van der Waals surface area contributed by atoms with E-state index in [1.165, 1.54) is 13.1 Å². The number of piperidine rings is 1. The molecule has 210 valence electrons. The van der Waals surface area contributed by atoms with E-state index in [1.54, 1.807) is 28.2 Å². The van der Waals surface area contributed by atoms with E-state index >= 15 is 0 Å². The number of aryl methyl sites for hydroxylation is 1. The standard InChI is InChI=1S/C27H22ClF3N8O2/c1-12-23(37-20(9-32-12)21-17(24(30)31)3-4-19(28)22(21)29)26(40)36-15-6-35-39(11-15)13(2)25-33-7-16(8-34-25)38-10-14-5-18(14)27(38)41/h3-4,6-9,11,13-14,18,24H,5,10H2,1-2H3,(H,36,40)/t13?,14-,18-/m1/s1. The van der Waals surface area contributed by atoms with Gasteiger partial charge in [0.2, 0.25) is 5.91 Å². The largest absolute Gasteiger partial charge is 0.318 e. The Bertz CT molecular complexity index is 1680. The highest BCUT2D eigenvalue weighted by molar-refractivity contribution is 6.31. The van der Waals surface area contributed by atoms with Crippen LogP contribution in [-0.2, 0) is 4.79 Å². The van der Waals surface area contributed by atoms with Crippen LogP contribution in [0.5, 0.6) is 0 Å². The Balaban J connectivity index is 1.19. The number of hydrogen-bond acceptors (Lipinski definition) is 7. The minimum atomic E-state index is -3.00. The molecule has 3 atom stereocenters. The number of nitrogens with one attached hydrogen (secondary N) is 1. The van der Waals surface area contributed by atoms with Crippen LogP contribution in [0, 0.1) is 24.6 Å². The monoisotopic (exact) mass is 582 g/mol. The fourth-order valence-corrected chi connectivity index (χ4v) is 5.07. The molecule has 0 spiro atoms. The fourth-order valence-electron chi connectivity index (χ4n) is 4.91. The number of alkyl halides is 2. The predicted octanol–water partition coefficient (Wildman–Crippen LogP) is 5.01. The number of carbonyl (C=O) groups excluding carboxylic acids is 2. The van der Waals surface area contributed by atoms with Crippen molar-refractivity contribution >= 4 is 34.8 Å². The number of amides is 2. The summed E-state index contributed by atoms with van der Waals surface area (Å²) in [6, 6.07) is 1.64. The summed E-state index contributed by atoms with van der Waals surface area (Å²) in [7, 11) is 0. The summed E-state index contributed by atoms with van der Waals surface area (Å²) in [6.07, 6.45) is 5.28. The van der Waals surface area contributed by atoms with Gasteiger partial charge in [-0.25, -0.2) is 28.1 Å². The molecule has 10 nitrogen and oxygen atoms in total. The SMILES string of the molecule is Cc1ncc(-c2c(C(F)F)ccc(Cl)c2F)nc1C(=O)Nc1cnn(C(C)c2ncc(N3C[C@H]4C[C@H]4C3=O)cn2)c1. The van der Waals surface area contributed by atoms with Gasteiger partial charge in [0, 0.05) is 29.8 Å². The van der Waals surface area contributed by atoms with Crippen LogP contribution in [-0.4, -0.2) is 48.1 Å². The Morgan fingerprint density at radius 1 is 1.15 bits per heavy atom. The van der Waals surface area contributed by atoms with Crippen molar-refractivity contribution in [3.8, 4) is 11.3 Å². The zero-order valence-corrected chi connectivity index (χ0v) is 22.5. The first-order valence-corrected chi connectivity index (χ1v) is 13.1. The van der Waals surface area contributed by atoms with Crippen molar-refractivity contribution in [2.24, 2.45) is 11.8 Å². The maximum absolute atomic E-state index is 14.8. The first kappa shape index (κ1) is 26.8. The van der Waals surface area contributed by atoms with Gasteiger partial charge < -0.3 is 10.2 Å². The highest BCUT2D eigenvalue weighted by atomic mass is 35.5. The molecule has 0 bridgehead atoms. The molecule has 14 heteroatoms. The summed E-state index contributed by atoms with van der Waals surface area (Å²) in [5.41, 5.74) is -0.407. The molecule has 1 saturated carbocycles. The normalized spacial score (nSPS) is 18.5. The van der Waals surface area contributed by atoms with Gasteiger partial charge in [0.05, 0.1) is 52.6 Å². The first-order valence-electron chi connectivity index (χ1n) is 12.7. The highest BCUT2D eigenvalue weighted by Gasteiger charge is 2.52. The number of nitrogens with zero attached hydrogens (tertiary/aromatic N) is 7. The van der Waals surface area contributed by atoms with Gasteiger partial charge in [0.15, 0.2) is 11.6 Å². The lowest BCUT2D eigenvalue weighted by atomic mass is 10.0. The van der Waals surface area contributed by atoms with Crippen molar-refractivity contribution in [1.82, 2.24) is 29.7 Å². The van der Waals surface area contributed by atoms with E-state index in [1.807, 2.05) is 6.92 Å². The Kier molecular flexibility index (Phi) is 6.68. The number of anilines is 2. The summed E-state index contributed by atoms with van der Waals surface area (Å²) in [4.78, 5) is 44.1. The van der Waals surface area contributed by atoms with Crippen LogP contribution in [0.4, 0.5) is 24.5 Å². The van der Waals surface area contributed by atoms with E-state index in [0.29, 0.717) is 29.7 Å². The summed E-state index contributed by atoms with van der Waals surface area (Å²) in [6.45, 7) is 4.03. The molecule has 1 saturated heterocycles. The molecule has 2 fully saturated rings. The van der Waals surface area contributed by atoms with Gasteiger partial charge >= 0.3 is 0 Å². The Labute approximate surface area is 236 Å². The van der Waals surface area contributed by atoms with Crippen LogP contribution >= 0.6 is 11.6 Å². The Hall–Kier alpha value is -4.39. The average molecular weight is 583 g/mol. The second kappa shape index (κ2) is 10.2. The molecule has 6 rings (SSSR count). The second-order valence-corrected chi connectivity index (χ2v) is 10.4. The molecule has 1 aromatic carbocycles. The van der Waals surface area contributed by atoms with Gasteiger partial charge in [-0.2, -0.15) is 5.10 Å². The van der Waals surface area contributed by atoms with Gasteiger partial charge in [-0.1, -0.05) is 17.7 Å². The number of carbonyl (C=O) groups is 2. The third-order valence-electron chi connectivity index (χ3n) is 7.31. The van der Waals surface area contributed by atoms with Gasteiger partial charge in [-0.05, 0) is 32.3 Å². The molecule has 2 amide bonds. The molecule has 2 aliphatic rings. The molecule has 1 aliphatic carbocycles. The van der Waals surface area contributed by atoms with Gasteiger partial charge in [0.25, 0.3) is 12.3 Å². The number of benzene rings is 1. The van der Waals surface area contributed by atoms with Gasteiger partial charge in [-0.15, -0.1) is 0 Å². The highest BCUT2D eigenvalue weighted by Crippen LogP contribution is 2.47. The van der Waals surface area contributed by atoms with E-state index in [9.17, 15) is 22.8 Å². The zero-order chi connectivity index (χ0) is 29.0. The van der Waals surface area contributed by atoms with Crippen LogP contribution in [0.3, 0.4) is 0 Å². The van der Waals surface area contributed by atoms with Crippen LogP contribution < -0.4 is 10.2 Å². The third kappa shape index (κ3) is 4.90. The summed E-state index contributed by atoms with van der Waals surface area (Å²) < 4.78 is 43.5. The van der Waals surface area contributed by atoms with Crippen molar-refractivity contribution < 1.29 is 22.8 Å². The molecule has 3 aromatic heterocycles. The van der Waals surface area contributed by atoms with Gasteiger partial charge in [0.1, 0.15) is 11.7 Å². The number of halogens is 4. The van der Waals surface area contributed by atoms with E-state index in [2.05, 4.69) is 30.4 Å². The van der Waals surface area contributed by atoms with Crippen LogP contribution in [0.25, 0.3) is 11.3 Å². The molecule has 1 aliphatic heterocycles. The van der Waals surface area contributed by atoms with Crippen molar-refractivity contribution in [2.45, 2.75) is 32.7 Å². The summed E-state index contributed by atoms with van der Waals surface area (Å²) in [5.74, 6) is -0.633. The molecule has 1 unspecified atom stereocenters. The quantitative estimate of drug-likeness (QED) is 0.325. The first-order chi connectivity index (χ1) is 19.6. The van der Waals surface area contributed by atoms with Crippen molar-refractivity contribution in [3.05, 3.63) is 76.7 Å². The average Bonchev–Trinajstić information content (AvgIpc) is 3.46. The minimum absolute atomic E-state index is 0.115. The summed E-state index contributed by atoms with van der Waals surface area (Å²) in [5, 5.41) is 6.57. The second-order valence-electron chi connectivity index (χ2n) is 10.0. The zero-order valence-electron chi connectivity index (χ0n) is 21.7. The number of fused-ring (bicyclic) bond motifs is 1. The smallest absolute Gasteiger partial charge is 0.276 e. The lowest BCUT2D eigenvalue weighted by molar-refractivity contribution is -0.118. The molecule has 41 heavy (non-hydrogen) atoms. The minimum Gasteiger partial charge on any atom is -0.318 e. The topological polar surface area (TPSA) is 119 Å². The maximum atomic E-state index is 14.8. The molecular formula is C27H22ClF3N8O2. The van der Waals surface area contributed by atoms with Gasteiger partial charge in [-0.3, -0.25) is 19.3 Å². The molecule has 4 heterocycles. The van der Waals surface area contributed by atoms with Crippen LogP contribution in [0.2, 0.25) is 5.02 Å². The Morgan fingerprint density at radius 2 is 1.90 bits per heavy atom. The molecule has 1 N–H and O–H groups in total. The van der Waals surface area contributed by atoms with Crippen molar-refractivity contribution in [1.29, 1.82) is 0 Å². The van der Waals surface area contributed by atoms with Crippen molar-refractivity contribution in [3.63, 3.8) is 0 Å². The number of aromatic nitrogens is 6. The lowest BCUT2D eigenvalue weighted by Gasteiger charge is -2.18. The number of rotatable bonds is 7. The van der Waals surface area contributed by atoms with Crippen LogP contribution in [0.1, 0.15) is 53.4 Å². The lowest BCUT2D eigenvalue weighted by Crippen LogP contribution is -2.28. The van der Waals surface area contributed by atoms with Crippen molar-refractivity contribution in [2.75, 3.05) is 16.8 Å². The molecular weight excluding hydrogens is 561 g/mol. The fraction of sp³-hybridized carbons (Fsp3) is 0.296. The van der Waals surface area contributed by atoms with E-state index in [4.69, 9.17) is 11.6 Å². The van der Waals surface area contributed by atoms with E-state index < -0.39 is 35.3 Å². The van der Waals surface area contributed by atoms with E-state index in [-0.39, 0.29) is 33.9 Å². The van der Waals surface area contributed by atoms with Crippen LogP contribution in [0.15, 0.2) is 43.1 Å². The van der Waals surface area contributed by atoms with E-state index in [0.717, 1.165) is 24.8 Å². The maximum Gasteiger partial charge on any atom is 0.276 e. The number of hydrogen-bond donors (Lipinski definition) is 1. The molecule has 0 radical (unpaired) electrons.